The number of carboxylic acid groups (broad SMARTS) is 1. The molecule has 2 heterocycles. The van der Waals surface area contributed by atoms with Crippen molar-refractivity contribution in [2.45, 2.75) is 45.6 Å². The Morgan fingerprint density at radius 3 is 2.87 bits per heavy atom. The highest BCUT2D eigenvalue weighted by molar-refractivity contribution is 5.91. The van der Waals surface area contributed by atoms with Crippen LogP contribution in [0.25, 0.3) is 5.69 Å². The van der Waals surface area contributed by atoms with Crippen LogP contribution in [0, 0.1) is 6.92 Å². The first-order valence-corrected chi connectivity index (χ1v) is 8.14. The quantitative estimate of drug-likeness (QED) is 0.939. The molecule has 1 aromatic carbocycles. The molecule has 1 N–H and O–H groups in total. The highest BCUT2D eigenvalue weighted by Crippen LogP contribution is 2.27. The molecule has 1 fully saturated rings. The van der Waals surface area contributed by atoms with Gasteiger partial charge in [0, 0.05) is 12.6 Å². The van der Waals surface area contributed by atoms with Crippen LogP contribution in [0.5, 0.6) is 0 Å². The van der Waals surface area contributed by atoms with E-state index in [1.807, 2.05) is 31.2 Å². The van der Waals surface area contributed by atoms with Crippen molar-refractivity contribution in [2.75, 3.05) is 11.4 Å². The van der Waals surface area contributed by atoms with E-state index < -0.39 is 5.97 Å². The maximum absolute atomic E-state index is 11.6. The molecule has 1 aliphatic rings. The number of anilines is 1. The van der Waals surface area contributed by atoms with Gasteiger partial charge >= 0.3 is 5.97 Å². The van der Waals surface area contributed by atoms with E-state index in [1.54, 1.807) is 0 Å². The lowest BCUT2D eigenvalue weighted by atomic mass is 10.00. The van der Waals surface area contributed by atoms with Crippen molar-refractivity contribution in [3.63, 3.8) is 0 Å². The first-order chi connectivity index (χ1) is 11.1. The zero-order chi connectivity index (χ0) is 16.4. The molecule has 1 aliphatic heterocycles. The van der Waals surface area contributed by atoms with E-state index in [2.05, 4.69) is 22.0 Å². The van der Waals surface area contributed by atoms with Crippen LogP contribution >= 0.6 is 0 Å². The molecule has 0 saturated carbocycles. The number of rotatable bonds is 4. The second kappa shape index (κ2) is 6.40. The monoisotopic (exact) mass is 314 g/mol. The number of nitrogens with zero attached hydrogens (tertiary/aromatic N) is 4. The van der Waals surface area contributed by atoms with E-state index in [4.69, 9.17) is 0 Å². The molecule has 0 aliphatic carbocycles. The third kappa shape index (κ3) is 3.06. The summed E-state index contributed by atoms with van der Waals surface area (Å²) in [5.74, 6) is -0.537. The van der Waals surface area contributed by atoms with Crippen LogP contribution < -0.4 is 4.90 Å². The van der Waals surface area contributed by atoms with Crippen LogP contribution in [-0.2, 0) is 0 Å². The topological polar surface area (TPSA) is 71.2 Å². The number of piperidine rings is 1. The van der Waals surface area contributed by atoms with Gasteiger partial charge < -0.3 is 10.0 Å². The van der Waals surface area contributed by atoms with Gasteiger partial charge in [0.05, 0.1) is 5.69 Å². The molecule has 1 saturated heterocycles. The number of hydrogen-bond acceptors (Lipinski definition) is 4. The van der Waals surface area contributed by atoms with Crippen molar-refractivity contribution in [3.8, 4) is 5.69 Å². The number of hydrogen-bond donors (Lipinski definition) is 1. The van der Waals surface area contributed by atoms with Crippen molar-refractivity contribution in [3.05, 3.63) is 35.5 Å². The summed E-state index contributed by atoms with van der Waals surface area (Å²) >= 11 is 0. The second-order valence-electron chi connectivity index (χ2n) is 6.06. The van der Waals surface area contributed by atoms with Gasteiger partial charge in [-0.3, -0.25) is 0 Å². The molecular formula is C17H22N4O2. The summed E-state index contributed by atoms with van der Waals surface area (Å²) in [5, 5.41) is 18.3. The molecule has 122 valence electrons. The normalized spacial score (nSPS) is 18.2. The summed E-state index contributed by atoms with van der Waals surface area (Å²) in [7, 11) is 0. The summed E-state index contributed by atoms with van der Waals surface area (Å²) in [6.45, 7) is 4.96. The Kier molecular flexibility index (Phi) is 4.32. The molecule has 6 heteroatoms. The van der Waals surface area contributed by atoms with Crippen LogP contribution in [0.2, 0.25) is 0 Å². The van der Waals surface area contributed by atoms with Crippen LogP contribution in [0.4, 0.5) is 5.82 Å². The van der Waals surface area contributed by atoms with Crippen molar-refractivity contribution in [1.29, 1.82) is 0 Å². The number of aromatic carboxylic acids is 1. The minimum Gasteiger partial charge on any atom is -0.476 e. The number of carboxylic acids is 1. The Labute approximate surface area is 135 Å². The van der Waals surface area contributed by atoms with Crippen molar-refractivity contribution >= 4 is 11.8 Å². The van der Waals surface area contributed by atoms with E-state index in [0.717, 1.165) is 37.1 Å². The first kappa shape index (κ1) is 15.5. The van der Waals surface area contributed by atoms with Gasteiger partial charge in [0.15, 0.2) is 5.82 Å². The Morgan fingerprint density at radius 1 is 1.35 bits per heavy atom. The molecule has 0 amide bonds. The lowest BCUT2D eigenvalue weighted by molar-refractivity contribution is 0.0690. The lowest BCUT2D eigenvalue weighted by Crippen LogP contribution is -2.40. The van der Waals surface area contributed by atoms with Gasteiger partial charge in [-0.1, -0.05) is 19.1 Å². The highest BCUT2D eigenvalue weighted by Gasteiger charge is 2.29. The summed E-state index contributed by atoms with van der Waals surface area (Å²) in [5.41, 5.74) is 1.90. The van der Waals surface area contributed by atoms with Crippen molar-refractivity contribution < 1.29 is 9.90 Å². The second-order valence-corrected chi connectivity index (χ2v) is 6.06. The zero-order valence-corrected chi connectivity index (χ0v) is 13.6. The van der Waals surface area contributed by atoms with E-state index in [9.17, 15) is 9.90 Å². The van der Waals surface area contributed by atoms with Crippen LogP contribution in [-0.4, -0.2) is 38.7 Å². The van der Waals surface area contributed by atoms with E-state index in [-0.39, 0.29) is 5.69 Å². The molecule has 0 radical (unpaired) electrons. The van der Waals surface area contributed by atoms with Crippen molar-refractivity contribution in [1.82, 2.24) is 15.0 Å². The molecule has 2 aromatic rings. The van der Waals surface area contributed by atoms with Crippen LogP contribution in [0.15, 0.2) is 24.3 Å². The van der Waals surface area contributed by atoms with Gasteiger partial charge in [-0.15, -0.1) is 15.0 Å². The largest absolute Gasteiger partial charge is 0.476 e. The molecule has 3 rings (SSSR count). The van der Waals surface area contributed by atoms with Gasteiger partial charge in [0.1, 0.15) is 0 Å². The number of aryl methyl sites for hydroxylation is 1. The fourth-order valence-electron chi connectivity index (χ4n) is 3.20. The van der Waals surface area contributed by atoms with Crippen LogP contribution in [0.3, 0.4) is 0 Å². The Hall–Kier alpha value is -2.37. The number of benzene rings is 1. The van der Waals surface area contributed by atoms with Crippen LogP contribution in [0.1, 0.15) is 48.7 Å². The van der Waals surface area contributed by atoms with Gasteiger partial charge in [-0.2, -0.15) is 0 Å². The van der Waals surface area contributed by atoms with E-state index in [1.165, 1.54) is 11.2 Å². The third-order valence-electron chi connectivity index (χ3n) is 4.40. The SMILES string of the molecule is CCC1CCCCN1c1nn(-c2cccc(C)c2)nc1C(=O)O. The average molecular weight is 314 g/mol. The predicted molar refractivity (Wildman–Crippen MR) is 88.3 cm³/mol. The smallest absolute Gasteiger partial charge is 0.360 e. The zero-order valence-electron chi connectivity index (χ0n) is 13.6. The minimum absolute atomic E-state index is 0.0341. The molecule has 1 atom stereocenters. The molecule has 0 spiro atoms. The average Bonchev–Trinajstić information content (AvgIpc) is 3.00. The van der Waals surface area contributed by atoms with Crippen molar-refractivity contribution in [2.24, 2.45) is 0 Å². The number of carbonyl (C=O) groups is 1. The Bertz CT molecular complexity index is 710. The van der Waals surface area contributed by atoms with Gasteiger partial charge in [-0.05, 0) is 50.3 Å². The third-order valence-corrected chi connectivity index (χ3v) is 4.40. The fourth-order valence-corrected chi connectivity index (χ4v) is 3.20. The summed E-state index contributed by atoms with van der Waals surface area (Å²) in [6, 6.07) is 8.08. The minimum atomic E-state index is -1.03. The highest BCUT2D eigenvalue weighted by atomic mass is 16.4. The molecule has 0 bridgehead atoms. The summed E-state index contributed by atoms with van der Waals surface area (Å²) in [4.78, 5) is 15.2. The molecule has 1 aromatic heterocycles. The Balaban J connectivity index is 2.04. The number of aromatic nitrogens is 3. The molecule has 6 nitrogen and oxygen atoms in total. The lowest BCUT2D eigenvalue weighted by Gasteiger charge is -2.35. The van der Waals surface area contributed by atoms with Gasteiger partial charge in [-0.25, -0.2) is 4.79 Å². The molecule has 1 unspecified atom stereocenters. The van der Waals surface area contributed by atoms with E-state index >= 15 is 0 Å². The summed E-state index contributed by atoms with van der Waals surface area (Å²) in [6.07, 6.45) is 4.31. The van der Waals surface area contributed by atoms with E-state index in [0.29, 0.717) is 11.9 Å². The van der Waals surface area contributed by atoms with Gasteiger partial charge in [0.25, 0.3) is 0 Å². The maximum atomic E-state index is 11.6. The summed E-state index contributed by atoms with van der Waals surface area (Å²) < 4.78 is 0. The molecule has 23 heavy (non-hydrogen) atoms. The maximum Gasteiger partial charge on any atom is 0.360 e. The predicted octanol–water partition coefficient (Wildman–Crippen LogP) is 3.04. The standard InChI is InChI=1S/C17H22N4O2/c1-3-13-8-4-5-10-20(13)16-15(17(22)23)18-21(19-16)14-9-6-7-12(2)11-14/h6-7,9,11,13H,3-5,8,10H2,1-2H3,(H,22,23). The Morgan fingerprint density at radius 2 is 2.17 bits per heavy atom. The molecular weight excluding hydrogens is 292 g/mol. The first-order valence-electron chi connectivity index (χ1n) is 8.14. The van der Waals surface area contributed by atoms with Gasteiger partial charge in [0.2, 0.25) is 5.69 Å². The fraction of sp³-hybridized carbons (Fsp3) is 0.471.